The second-order valence-electron chi connectivity index (χ2n) is 9.17. The predicted octanol–water partition coefficient (Wildman–Crippen LogP) is 8.10. The van der Waals surface area contributed by atoms with Crippen LogP contribution in [0.25, 0.3) is 43.8 Å². The summed E-state index contributed by atoms with van der Waals surface area (Å²) in [6.45, 7) is 0. The third kappa shape index (κ3) is 2.91. The van der Waals surface area contributed by atoms with Gasteiger partial charge < -0.3 is 0 Å². The summed E-state index contributed by atoms with van der Waals surface area (Å²) < 4.78 is 0. The molecule has 2 nitrogen and oxygen atoms in total. The summed E-state index contributed by atoms with van der Waals surface area (Å²) in [5.41, 5.74) is 7.69. The first kappa shape index (κ1) is 20.5. The van der Waals surface area contributed by atoms with Crippen molar-refractivity contribution in [1.29, 1.82) is 0 Å². The fourth-order valence-electron chi connectivity index (χ4n) is 5.63. The van der Waals surface area contributed by atoms with Gasteiger partial charge in [0.2, 0.25) is 0 Å². The van der Waals surface area contributed by atoms with Gasteiger partial charge in [-0.25, -0.2) is 0 Å². The summed E-state index contributed by atoms with van der Waals surface area (Å²) in [6, 6.07) is 40.0. The lowest BCUT2D eigenvalue weighted by molar-refractivity contribution is 0.103. The van der Waals surface area contributed by atoms with Crippen LogP contribution in [0.3, 0.4) is 0 Å². The zero-order valence-corrected chi connectivity index (χ0v) is 19.4. The third-order valence-corrected chi connectivity index (χ3v) is 7.22. The number of hydrogen-bond acceptors (Lipinski definition) is 2. The van der Waals surface area contributed by atoms with Gasteiger partial charge in [0.25, 0.3) is 0 Å². The quantitative estimate of drug-likeness (QED) is 0.229. The number of carbonyl (C=O) groups is 2. The fraction of sp³-hybridized carbons (Fsp3) is 0. The Kier molecular flexibility index (Phi) is 4.49. The van der Waals surface area contributed by atoms with Crippen LogP contribution in [-0.2, 0) is 0 Å². The Morgan fingerprint density at radius 3 is 0.972 bits per heavy atom. The van der Waals surface area contributed by atoms with Crippen LogP contribution in [0.15, 0.2) is 121 Å². The average molecular weight is 461 g/mol. The number of carbonyl (C=O) groups excluding carboxylic acids is 2. The average Bonchev–Trinajstić information content (AvgIpc) is 2.95. The number of benzene rings is 6. The molecule has 0 bridgehead atoms. The highest BCUT2D eigenvalue weighted by Crippen LogP contribution is 2.40. The molecule has 6 aromatic carbocycles. The van der Waals surface area contributed by atoms with Crippen LogP contribution in [0.4, 0.5) is 0 Å². The maximum Gasteiger partial charge on any atom is 0.194 e. The van der Waals surface area contributed by atoms with E-state index in [0.717, 1.165) is 54.9 Å². The first-order chi connectivity index (χ1) is 17.7. The number of hydrogen-bond donors (Lipinski definition) is 0. The summed E-state index contributed by atoms with van der Waals surface area (Å²) in [5.74, 6) is 0.268. The van der Waals surface area contributed by atoms with E-state index in [4.69, 9.17) is 0 Å². The molecule has 0 aromatic heterocycles. The number of ketones is 2. The Hall–Kier alpha value is -4.82. The molecule has 0 saturated carbocycles. The molecule has 0 saturated heterocycles. The number of fused-ring (bicyclic) bond motifs is 4. The summed E-state index contributed by atoms with van der Waals surface area (Å²) in [4.78, 5) is 25.0. The Morgan fingerprint density at radius 2 is 0.583 bits per heavy atom. The van der Waals surface area contributed by atoms with E-state index in [1.807, 2.05) is 84.9 Å². The van der Waals surface area contributed by atoms with Crippen LogP contribution in [0.2, 0.25) is 0 Å². The van der Waals surface area contributed by atoms with Gasteiger partial charge in [-0.1, -0.05) is 121 Å². The largest absolute Gasteiger partial charge is 0.289 e. The SMILES string of the molecule is O=C1c2ccccc2-c2cccc3cccc1c23.O=C1c2ccccc2-c2cccc3cccc1c23. The molecule has 0 N–H and O–H groups in total. The smallest absolute Gasteiger partial charge is 0.194 e. The van der Waals surface area contributed by atoms with Crippen molar-refractivity contribution in [3.63, 3.8) is 0 Å². The molecule has 6 aromatic rings. The molecule has 0 amide bonds. The highest BCUT2D eigenvalue weighted by molar-refractivity contribution is 6.26. The maximum atomic E-state index is 12.5. The molecule has 0 aliphatic heterocycles. The van der Waals surface area contributed by atoms with Gasteiger partial charge in [-0.3, -0.25) is 9.59 Å². The zero-order valence-electron chi connectivity index (χ0n) is 19.4. The molecule has 0 spiro atoms. The summed E-state index contributed by atoms with van der Waals surface area (Å²) in [6.07, 6.45) is 0. The lowest BCUT2D eigenvalue weighted by Gasteiger charge is -2.19. The van der Waals surface area contributed by atoms with Crippen LogP contribution < -0.4 is 0 Å². The molecule has 168 valence electrons. The molecule has 0 unspecified atom stereocenters. The minimum absolute atomic E-state index is 0.134. The van der Waals surface area contributed by atoms with Crippen molar-refractivity contribution < 1.29 is 9.59 Å². The highest BCUT2D eigenvalue weighted by Gasteiger charge is 2.25. The van der Waals surface area contributed by atoms with Crippen LogP contribution in [-0.4, -0.2) is 11.6 Å². The van der Waals surface area contributed by atoms with Gasteiger partial charge in [0.05, 0.1) is 0 Å². The van der Waals surface area contributed by atoms with Crippen LogP contribution in [0.1, 0.15) is 31.8 Å². The van der Waals surface area contributed by atoms with Crippen LogP contribution >= 0.6 is 0 Å². The third-order valence-electron chi connectivity index (χ3n) is 7.22. The van der Waals surface area contributed by atoms with Gasteiger partial charge in [-0.05, 0) is 33.0 Å². The predicted molar refractivity (Wildman–Crippen MR) is 146 cm³/mol. The van der Waals surface area contributed by atoms with E-state index in [1.54, 1.807) is 0 Å². The van der Waals surface area contributed by atoms with Gasteiger partial charge in [0.15, 0.2) is 11.6 Å². The van der Waals surface area contributed by atoms with Crippen molar-refractivity contribution in [2.75, 3.05) is 0 Å². The molecule has 2 aliphatic carbocycles. The monoisotopic (exact) mass is 460 g/mol. The first-order valence-electron chi connectivity index (χ1n) is 12.0. The van der Waals surface area contributed by atoms with E-state index < -0.39 is 0 Å². The van der Waals surface area contributed by atoms with E-state index >= 15 is 0 Å². The topological polar surface area (TPSA) is 34.1 Å². The second kappa shape index (κ2) is 7.86. The lowest BCUT2D eigenvalue weighted by atomic mass is 9.83. The standard InChI is InChI=1S/2C17H10O/c2*18-17-14-8-2-1-7-12(14)13-9-3-5-11-6-4-10-15(17)16(11)13/h2*1-10H. The molecule has 0 heterocycles. The van der Waals surface area contributed by atoms with Crippen molar-refractivity contribution >= 4 is 33.1 Å². The summed E-state index contributed by atoms with van der Waals surface area (Å²) in [7, 11) is 0. The Morgan fingerprint density at radius 1 is 0.278 bits per heavy atom. The highest BCUT2D eigenvalue weighted by atomic mass is 16.1. The maximum absolute atomic E-state index is 12.5. The van der Waals surface area contributed by atoms with Crippen molar-refractivity contribution in [1.82, 2.24) is 0 Å². The van der Waals surface area contributed by atoms with Gasteiger partial charge >= 0.3 is 0 Å². The van der Waals surface area contributed by atoms with Crippen LogP contribution in [0, 0.1) is 0 Å². The minimum atomic E-state index is 0.134. The lowest BCUT2D eigenvalue weighted by Crippen LogP contribution is -2.09. The Labute approximate surface area is 208 Å². The van der Waals surface area contributed by atoms with Crippen LogP contribution in [0.5, 0.6) is 0 Å². The molecule has 2 aliphatic rings. The fourth-order valence-corrected chi connectivity index (χ4v) is 5.63. The molecule has 36 heavy (non-hydrogen) atoms. The van der Waals surface area contributed by atoms with Gasteiger partial charge in [-0.15, -0.1) is 0 Å². The van der Waals surface area contributed by atoms with Crippen molar-refractivity contribution in [3.05, 3.63) is 144 Å². The van der Waals surface area contributed by atoms with E-state index in [-0.39, 0.29) is 11.6 Å². The summed E-state index contributed by atoms with van der Waals surface area (Å²) >= 11 is 0. The molecular formula is C34H20O2. The first-order valence-corrected chi connectivity index (χ1v) is 12.0. The second-order valence-corrected chi connectivity index (χ2v) is 9.17. The van der Waals surface area contributed by atoms with Gasteiger partial charge in [0, 0.05) is 33.0 Å². The zero-order chi connectivity index (χ0) is 24.2. The molecule has 0 fully saturated rings. The summed E-state index contributed by atoms with van der Waals surface area (Å²) in [5, 5.41) is 4.44. The van der Waals surface area contributed by atoms with Crippen molar-refractivity contribution in [2.45, 2.75) is 0 Å². The van der Waals surface area contributed by atoms with Crippen molar-refractivity contribution in [2.24, 2.45) is 0 Å². The van der Waals surface area contributed by atoms with Gasteiger partial charge in [0.1, 0.15) is 0 Å². The van der Waals surface area contributed by atoms with Gasteiger partial charge in [-0.2, -0.15) is 0 Å². The van der Waals surface area contributed by atoms with Crippen molar-refractivity contribution in [3.8, 4) is 22.3 Å². The molecular weight excluding hydrogens is 440 g/mol. The Balaban J connectivity index is 0.000000122. The van der Waals surface area contributed by atoms with E-state index in [2.05, 4.69) is 36.4 Å². The van der Waals surface area contributed by atoms with E-state index in [0.29, 0.717) is 0 Å². The molecule has 8 rings (SSSR count). The molecule has 0 radical (unpaired) electrons. The normalized spacial score (nSPS) is 12.6. The minimum Gasteiger partial charge on any atom is -0.289 e. The van der Waals surface area contributed by atoms with E-state index in [9.17, 15) is 9.59 Å². The Bertz CT molecular complexity index is 1730. The molecule has 2 heteroatoms. The molecule has 0 atom stereocenters. The number of rotatable bonds is 0. The van der Waals surface area contributed by atoms with E-state index in [1.165, 1.54) is 11.1 Å².